The fraction of sp³-hybridized carbons (Fsp3) is 0.667. The summed E-state index contributed by atoms with van der Waals surface area (Å²) in [5, 5.41) is 3.25. The first-order chi connectivity index (χ1) is 16.5. The molecule has 2 heterocycles. The molecule has 4 atom stereocenters. The van der Waals surface area contributed by atoms with Crippen LogP contribution < -0.4 is 5.32 Å². The van der Waals surface area contributed by atoms with Gasteiger partial charge >= 0.3 is 0 Å². The maximum atomic E-state index is 13.6. The third-order valence-electron chi connectivity index (χ3n) is 7.60. The number of thiocarbonyl (C=S) groups is 1. The molecule has 0 saturated carbocycles. The van der Waals surface area contributed by atoms with Gasteiger partial charge in [0.25, 0.3) is 0 Å². The SMILES string of the molecule is CCOC(OCC)[C@@H]1CCCN1C(=O)[C@H]1NCC(=S)C1C(=O)CC[C@H]1CCc2ccccc2C1. The second-order valence-corrected chi connectivity index (χ2v) is 10.2. The van der Waals surface area contributed by atoms with Gasteiger partial charge in [0.15, 0.2) is 6.29 Å². The molecule has 2 saturated heterocycles. The zero-order valence-electron chi connectivity index (χ0n) is 20.5. The smallest absolute Gasteiger partial charge is 0.241 e. The van der Waals surface area contributed by atoms with E-state index in [1.807, 2.05) is 18.7 Å². The third kappa shape index (κ3) is 5.59. The van der Waals surface area contributed by atoms with Gasteiger partial charge in [0, 0.05) is 37.6 Å². The van der Waals surface area contributed by atoms with Gasteiger partial charge in [0.05, 0.1) is 12.0 Å². The number of nitrogens with zero attached hydrogens (tertiary/aromatic N) is 1. The predicted octanol–water partition coefficient (Wildman–Crippen LogP) is 3.49. The number of carbonyl (C=O) groups excluding carboxylic acids is 2. The van der Waals surface area contributed by atoms with Crippen LogP contribution in [-0.2, 0) is 31.9 Å². The van der Waals surface area contributed by atoms with Gasteiger partial charge in [-0.2, -0.15) is 0 Å². The number of carbonyl (C=O) groups is 2. The van der Waals surface area contributed by atoms with Crippen LogP contribution in [0, 0.1) is 11.8 Å². The number of amides is 1. The first kappa shape index (κ1) is 25.4. The molecular weight excluding hydrogens is 448 g/mol. The van der Waals surface area contributed by atoms with Crippen molar-refractivity contribution in [3.8, 4) is 0 Å². The highest BCUT2D eigenvalue weighted by Crippen LogP contribution is 2.31. The molecule has 3 aliphatic rings. The van der Waals surface area contributed by atoms with Crippen LogP contribution in [0.3, 0.4) is 0 Å². The van der Waals surface area contributed by atoms with Crippen LogP contribution in [0.15, 0.2) is 24.3 Å². The summed E-state index contributed by atoms with van der Waals surface area (Å²) in [6, 6.07) is 7.92. The fourth-order valence-electron chi connectivity index (χ4n) is 5.87. The normalized spacial score (nSPS) is 26.8. The molecule has 1 N–H and O–H groups in total. The molecule has 0 bridgehead atoms. The quantitative estimate of drug-likeness (QED) is 0.403. The summed E-state index contributed by atoms with van der Waals surface area (Å²) in [5.41, 5.74) is 2.85. The Hall–Kier alpha value is -1.67. The minimum Gasteiger partial charge on any atom is -0.351 e. The van der Waals surface area contributed by atoms with E-state index in [9.17, 15) is 9.59 Å². The first-order valence-corrected chi connectivity index (χ1v) is 13.3. The van der Waals surface area contributed by atoms with E-state index in [0.717, 1.165) is 38.5 Å². The lowest BCUT2D eigenvalue weighted by Crippen LogP contribution is -2.53. The summed E-state index contributed by atoms with van der Waals surface area (Å²) in [5.74, 6) is 0.0557. The lowest BCUT2D eigenvalue weighted by molar-refractivity contribution is -0.176. The Morgan fingerprint density at radius 3 is 2.62 bits per heavy atom. The Kier molecular flexibility index (Phi) is 8.86. The van der Waals surface area contributed by atoms with E-state index in [1.165, 1.54) is 11.1 Å². The summed E-state index contributed by atoms with van der Waals surface area (Å²) >= 11 is 5.57. The van der Waals surface area contributed by atoms with Crippen molar-refractivity contribution in [3.05, 3.63) is 35.4 Å². The van der Waals surface area contributed by atoms with Crippen molar-refractivity contribution in [1.82, 2.24) is 10.2 Å². The molecule has 6 nitrogen and oxygen atoms in total. The minimum atomic E-state index is -0.573. The molecule has 186 valence electrons. The maximum Gasteiger partial charge on any atom is 0.241 e. The number of hydrogen-bond donors (Lipinski definition) is 1. The number of rotatable bonds is 10. The standard InChI is InChI=1S/C27H38N2O4S/c1-3-32-27(33-4-2)21-10-7-15-29(21)26(31)25-24(23(34)17-28-25)22(30)14-12-18-11-13-19-8-5-6-9-20(19)16-18/h5-6,8-9,18,21,24-25,27-28H,3-4,7,10-17H2,1-2H3/t18-,21+,24?,25+/m1/s1. The van der Waals surface area contributed by atoms with Crippen molar-refractivity contribution < 1.29 is 19.1 Å². The molecule has 0 aromatic heterocycles. The average Bonchev–Trinajstić information content (AvgIpc) is 3.49. The van der Waals surface area contributed by atoms with E-state index in [2.05, 4.69) is 29.6 Å². The van der Waals surface area contributed by atoms with Crippen molar-refractivity contribution >= 4 is 28.8 Å². The summed E-state index contributed by atoms with van der Waals surface area (Å²) in [6.07, 6.45) is 5.89. The Bertz CT molecular complexity index is 885. The number of fused-ring (bicyclic) bond motifs is 1. The summed E-state index contributed by atoms with van der Waals surface area (Å²) in [4.78, 5) is 29.5. The molecule has 34 heavy (non-hydrogen) atoms. The fourth-order valence-corrected chi connectivity index (χ4v) is 6.22. The van der Waals surface area contributed by atoms with Gasteiger partial charge in [-0.1, -0.05) is 36.5 Å². The molecule has 1 unspecified atom stereocenters. The number of likely N-dealkylation sites (tertiary alicyclic amines) is 1. The molecule has 7 heteroatoms. The molecule has 2 aliphatic heterocycles. The minimum absolute atomic E-state index is 0.0447. The van der Waals surface area contributed by atoms with Crippen molar-refractivity contribution in [1.29, 1.82) is 0 Å². The van der Waals surface area contributed by atoms with E-state index < -0.39 is 18.2 Å². The van der Waals surface area contributed by atoms with Crippen LogP contribution in [0.5, 0.6) is 0 Å². The average molecular weight is 487 g/mol. The van der Waals surface area contributed by atoms with Crippen LogP contribution in [0.1, 0.15) is 57.1 Å². The molecule has 2 fully saturated rings. The molecule has 1 amide bonds. The number of nitrogens with one attached hydrogen (secondary N) is 1. The molecular formula is C27H38N2O4S. The number of Topliss-reactive ketones (excluding diaryl/α,β-unsaturated/α-hetero) is 1. The van der Waals surface area contributed by atoms with Crippen LogP contribution in [-0.4, -0.2) is 66.1 Å². The highest BCUT2D eigenvalue weighted by molar-refractivity contribution is 7.80. The largest absolute Gasteiger partial charge is 0.351 e. The van der Waals surface area contributed by atoms with Crippen molar-refractivity contribution in [2.24, 2.45) is 11.8 Å². The van der Waals surface area contributed by atoms with Crippen LogP contribution in [0.2, 0.25) is 0 Å². The van der Waals surface area contributed by atoms with Gasteiger partial charge in [-0.3, -0.25) is 9.59 Å². The topological polar surface area (TPSA) is 67.9 Å². The second kappa shape index (κ2) is 11.8. The van der Waals surface area contributed by atoms with E-state index in [4.69, 9.17) is 21.7 Å². The van der Waals surface area contributed by atoms with Gasteiger partial charge in [-0.05, 0) is 69.4 Å². The van der Waals surface area contributed by atoms with Crippen molar-refractivity contribution in [2.75, 3.05) is 26.3 Å². The number of aryl methyl sites for hydroxylation is 1. The van der Waals surface area contributed by atoms with E-state index in [1.54, 1.807) is 0 Å². The number of ketones is 1. The summed E-state index contributed by atoms with van der Waals surface area (Å²) in [6.45, 7) is 6.03. The third-order valence-corrected chi connectivity index (χ3v) is 7.99. The maximum absolute atomic E-state index is 13.6. The van der Waals surface area contributed by atoms with Gasteiger partial charge in [-0.15, -0.1) is 0 Å². The van der Waals surface area contributed by atoms with Crippen molar-refractivity contribution in [2.45, 2.75) is 77.2 Å². The first-order valence-electron chi connectivity index (χ1n) is 12.9. The molecule has 1 aromatic carbocycles. The number of ether oxygens (including phenoxy) is 2. The number of hydrogen-bond acceptors (Lipinski definition) is 6. The Balaban J connectivity index is 1.38. The highest BCUT2D eigenvalue weighted by Gasteiger charge is 2.46. The predicted molar refractivity (Wildman–Crippen MR) is 136 cm³/mol. The molecule has 1 aliphatic carbocycles. The van der Waals surface area contributed by atoms with Gasteiger partial charge in [0.2, 0.25) is 5.91 Å². The monoisotopic (exact) mass is 486 g/mol. The van der Waals surface area contributed by atoms with Gasteiger partial charge < -0.3 is 19.7 Å². The zero-order valence-corrected chi connectivity index (χ0v) is 21.3. The van der Waals surface area contributed by atoms with E-state index in [-0.39, 0.29) is 17.7 Å². The van der Waals surface area contributed by atoms with Crippen molar-refractivity contribution in [3.63, 3.8) is 0 Å². The van der Waals surface area contributed by atoms with Crippen LogP contribution in [0.4, 0.5) is 0 Å². The molecule has 1 aromatic rings. The van der Waals surface area contributed by atoms with E-state index in [0.29, 0.717) is 43.5 Å². The van der Waals surface area contributed by atoms with Gasteiger partial charge in [0.1, 0.15) is 11.8 Å². The molecule has 4 rings (SSSR count). The Morgan fingerprint density at radius 2 is 1.88 bits per heavy atom. The van der Waals surface area contributed by atoms with E-state index >= 15 is 0 Å². The Morgan fingerprint density at radius 1 is 1.15 bits per heavy atom. The summed E-state index contributed by atoms with van der Waals surface area (Å²) < 4.78 is 11.6. The number of benzene rings is 1. The zero-order chi connectivity index (χ0) is 24.1. The molecule has 0 spiro atoms. The summed E-state index contributed by atoms with van der Waals surface area (Å²) in [7, 11) is 0. The van der Waals surface area contributed by atoms with Gasteiger partial charge in [-0.25, -0.2) is 0 Å². The molecule has 0 radical (unpaired) electrons. The lowest BCUT2D eigenvalue weighted by Gasteiger charge is -2.33. The second-order valence-electron chi connectivity index (χ2n) is 9.71. The highest BCUT2D eigenvalue weighted by atomic mass is 32.1. The lowest BCUT2D eigenvalue weighted by atomic mass is 9.80. The van der Waals surface area contributed by atoms with Crippen LogP contribution >= 0.6 is 12.2 Å². The Labute approximate surface area is 208 Å². The van der Waals surface area contributed by atoms with Crippen LogP contribution in [0.25, 0.3) is 0 Å².